The summed E-state index contributed by atoms with van der Waals surface area (Å²) < 4.78 is 0. The molecular weight excluding hydrogens is 280 g/mol. The predicted octanol–water partition coefficient (Wildman–Crippen LogP) is 6.50. The highest BCUT2D eigenvalue weighted by Crippen LogP contribution is 2.24. The lowest BCUT2D eigenvalue weighted by atomic mass is 9.88. The van der Waals surface area contributed by atoms with Gasteiger partial charge in [0.25, 0.3) is 0 Å². The summed E-state index contributed by atoms with van der Waals surface area (Å²) in [5.41, 5.74) is 1.45. The minimum atomic E-state index is 0.527. The summed E-state index contributed by atoms with van der Waals surface area (Å²) in [5.74, 6) is 1.18. The lowest BCUT2D eigenvalue weighted by Crippen LogP contribution is -2.10. The first-order valence-corrected chi connectivity index (χ1v) is 9.90. The van der Waals surface area contributed by atoms with Crippen LogP contribution in [-0.4, -0.2) is 5.78 Å². The van der Waals surface area contributed by atoms with Crippen molar-refractivity contribution in [3.63, 3.8) is 0 Å². The molecule has 0 amide bonds. The molecule has 1 aliphatic rings. The Labute approximate surface area is 142 Å². The van der Waals surface area contributed by atoms with Gasteiger partial charge in [0.1, 0.15) is 5.78 Å². The van der Waals surface area contributed by atoms with Gasteiger partial charge in [-0.25, -0.2) is 0 Å². The van der Waals surface area contributed by atoms with Crippen molar-refractivity contribution in [2.75, 3.05) is 0 Å². The molecule has 1 aliphatic carbocycles. The summed E-state index contributed by atoms with van der Waals surface area (Å²) in [4.78, 5) is 12.2. The molecule has 1 nitrogen and oxygen atoms in total. The standard InChI is InChI=1S/C22H34O/c23-22-18-10-5-3-1-2-4-7-16-21(19-22)17-12-11-15-20-13-8-6-9-14-20/h6,8-9,13-14,21H,1-5,7,10-12,15-19H2. The molecule has 1 unspecified atom stereocenters. The summed E-state index contributed by atoms with van der Waals surface area (Å²) in [5, 5.41) is 0. The van der Waals surface area contributed by atoms with E-state index >= 15 is 0 Å². The number of ketones is 1. The first-order chi connectivity index (χ1) is 11.3. The summed E-state index contributed by atoms with van der Waals surface area (Å²) in [6.07, 6.45) is 17.1. The van der Waals surface area contributed by atoms with Crippen LogP contribution in [0.5, 0.6) is 0 Å². The number of hydrogen-bond acceptors (Lipinski definition) is 1. The molecule has 0 bridgehead atoms. The van der Waals surface area contributed by atoms with Gasteiger partial charge in [0, 0.05) is 12.8 Å². The van der Waals surface area contributed by atoms with Crippen molar-refractivity contribution in [2.24, 2.45) is 5.92 Å². The molecule has 1 aromatic rings. The third kappa shape index (κ3) is 8.34. The van der Waals surface area contributed by atoms with Gasteiger partial charge in [0.2, 0.25) is 0 Å². The quantitative estimate of drug-likeness (QED) is 0.567. The minimum Gasteiger partial charge on any atom is -0.300 e. The molecule has 1 atom stereocenters. The molecule has 2 rings (SSSR count). The van der Waals surface area contributed by atoms with E-state index in [1.807, 2.05) is 0 Å². The molecule has 0 N–H and O–H groups in total. The molecule has 1 heteroatoms. The average Bonchev–Trinajstić information content (AvgIpc) is 2.56. The van der Waals surface area contributed by atoms with Crippen molar-refractivity contribution >= 4 is 5.78 Å². The van der Waals surface area contributed by atoms with Gasteiger partial charge in [-0.15, -0.1) is 0 Å². The fourth-order valence-corrected chi connectivity index (χ4v) is 3.82. The molecule has 0 spiro atoms. The summed E-state index contributed by atoms with van der Waals surface area (Å²) in [6, 6.07) is 10.8. The molecule has 0 radical (unpaired) electrons. The van der Waals surface area contributed by atoms with Crippen molar-refractivity contribution in [1.29, 1.82) is 0 Å². The van der Waals surface area contributed by atoms with Crippen LogP contribution in [0.4, 0.5) is 0 Å². The molecule has 0 aliphatic heterocycles. The summed E-state index contributed by atoms with van der Waals surface area (Å²) in [7, 11) is 0. The topological polar surface area (TPSA) is 17.1 Å². The van der Waals surface area contributed by atoms with Crippen LogP contribution in [0, 0.1) is 5.92 Å². The molecule has 128 valence electrons. The van der Waals surface area contributed by atoms with Crippen LogP contribution >= 0.6 is 0 Å². The van der Waals surface area contributed by atoms with Crippen molar-refractivity contribution in [2.45, 2.75) is 89.9 Å². The Morgan fingerprint density at radius 2 is 1.52 bits per heavy atom. The predicted molar refractivity (Wildman–Crippen MR) is 98.7 cm³/mol. The molecule has 1 aromatic carbocycles. The highest BCUT2D eigenvalue weighted by molar-refractivity contribution is 5.78. The van der Waals surface area contributed by atoms with Gasteiger partial charge in [-0.3, -0.25) is 4.79 Å². The molecule has 0 saturated heterocycles. The van der Waals surface area contributed by atoms with E-state index in [4.69, 9.17) is 0 Å². The molecular formula is C22H34O. The highest BCUT2D eigenvalue weighted by atomic mass is 16.1. The Bertz CT molecular complexity index is 423. The molecule has 1 saturated carbocycles. The zero-order valence-electron chi connectivity index (χ0n) is 14.8. The van der Waals surface area contributed by atoms with Gasteiger partial charge in [-0.05, 0) is 30.7 Å². The molecule has 0 heterocycles. The molecule has 0 aromatic heterocycles. The number of Topliss-reactive ketones (excluding diaryl/α,β-unsaturated/α-hetero) is 1. The van der Waals surface area contributed by atoms with Gasteiger partial charge < -0.3 is 0 Å². The van der Waals surface area contributed by atoms with Crippen LogP contribution in [0.3, 0.4) is 0 Å². The van der Waals surface area contributed by atoms with E-state index in [0.717, 1.165) is 19.3 Å². The largest absolute Gasteiger partial charge is 0.300 e. The van der Waals surface area contributed by atoms with Gasteiger partial charge in [0.05, 0.1) is 0 Å². The van der Waals surface area contributed by atoms with Crippen molar-refractivity contribution < 1.29 is 4.79 Å². The number of hydrogen-bond donors (Lipinski definition) is 0. The SMILES string of the molecule is O=C1CCCCCCCCCC(CCCCc2ccccc2)C1. The lowest BCUT2D eigenvalue weighted by Gasteiger charge is -2.17. The van der Waals surface area contributed by atoms with E-state index in [2.05, 4.69) is 30.3 Å². The Morgan fingerprint density at radius 1 is 0.826 bits per heavy atom. The van der Waals surface area contributed by atoms with E-state index in [0.29, 0.717) is 11.7 Å². The molecule has 23 heavy (non-hydrogen) atoms. The Kier molecular flexibility index (Phi) is 9.06. The number of unbranched alkanes of at least 4 members (excludes halogenated alkanes) is 1. The second-order valence-electron chi connectivity index (χ2n) is 7.35. The van der Waals surface area contributed by atoms with Gasteiger partial charge in [-0.2, -0.15) is 0 Å². The zero-order chi connectivity index (χ0) is 16.2. The second kappa shape index (κ2) is 11.4. The van der Waals surface area contributed by atoms with Gasteiger partial charge >= 0.3 is 0 Å². The maximum absolute atomic E-state index is 12.2. The van der Waals surface area contributed by atoms with Crippen LogP contribution in [0.2, 0.25) is 0 Å². The number of rotatable bonds is 5. The normalized spacial score (nSPS) is 21.4. The Hall–Kier alpha value is -1.11. The monoisotopic (exact) mass is 314 g/mol. The van der Waals surface area contributed by atoms with Gasteiger partial charge in [-0.1, -0.05) is 88.1 Å². The van der Waals surface area contributed by atoms with Crippen LogP contribution in [0.1, 0.15) is 89.0 Å². The van der Waals surface area contributed by atoms with E-state index in [1.165, 1.54) is 76.2 Å². The Morgan fingerprint density at radius 3 is 2.30 bits per heavy atom. The smallest absolute Gasteiger partial charge is 0.133 e. The van der Waals surface area contributed by atoms with Crippen LogP contribution in [0.25, 0.3) is 0 Å². The van der Waals surface area contributed by atoms with Crippen LogP contribution < -0.4 is 0 Å². The third-order valence-corrected chi connectivity index (χ3v) is 5.25. The number of carbonyl (C=O) groups is 1. The minimum absolute atomic E-state index is 0.527. The summed E-state index contributed by atoms with van der Waals surface area (Å²) in [6.45, 7) is 0. The third-order valence-electron chi connectivity index (χ3n) is 5.25. The summed E-state index contributed by atoms with van der Waals surface area (Å²) >= 11 is 0. The van der Waals surface area contributed by atoms with Crippen molar-refractivity contribution in [1.82, 2.24) is 0 Å². The van der Waals surface area contributed by atoms with E-state index in [1.54, 1.807) is 0 Å². The highest BCUT2D eigenvalue weighted by Gasteiger charge is 2.14. The molecule has 1 fully saturated rings. The fourth-order valence-electron chi connectivity index (χ4n) is 3.82. The Balaban J connectivity index is 1.69. The fraction of sp³-hybridized carbons (Fsp3) is 0.682. The second-order valence-corrected chi connectivity index (χ2v) is 7.35. The average molecular weight is 315 g/mol. The van der Waals surface area contributed by atoms with Crippen molar-refractivity contribution in [3.05, 3.63) is 35.9 Å². The van der Waals surface area contributed by atoms with Crippen LogP contribution in [0.15, 0.2) is 30.3 Å². The maximum Gasteiger partial charge on any atom is 0.133 e. The zero-order valence-corrected chi connectivity index (χ0v) is 14.8. The first-order valence-electron chi connectivity index (χ1n) is 9.90. The number of aryl methyl sites for hydroxylation is 1. The number of benzene rings is 1. The van der Waals surface area contributed by atoms with E-state index in [9.17, 15) is 4.79 Å². The van der Waals surface area contributed by atoms with Crippen LogP contribution in [-0.2, 0) is 11.2 Å². The maximum atomic E-state index is 12.2. The first kappa shape index (κ1) is 18.2. The number of carbonyl (C=O) groups excluding carboxylic acids is 1. The lowest BCUT2D eigenvalue weighted by molar-refractivity contribution is -0.120. The van der Waals surface area contributed by atoms with Gasteiger partial charge in [0.15, 0.2) is 0 Å². The van der Waals surface area contributed by atoms with Crippen molar-refractivity contribution in [3.8, 4) is 0 Å². The van der Waals surface area contributed by atoms with E-state index in [-0.39, 0.29) is 0 Å². The van der Waals surface area contributed by atoms with E-state index < -0.39 is 0 Å².